The zero-order chi connectivity index (χ0) is 24.1. The van der Waals surface area contributed by atoms with Crippen LogP contribution in [0.3, 0.4) is 0 Å². The zero-order valence-corrected chi connectivity index (χ0v) is 19.1. The van der Waals surface area contributed by atoms with Crippen LogP contribution in [-0.2, 0) is 14.8 Å². The molecular formula is C23H23FN4O5S. The van der Waals surface area contributed by atoms with E-state index in [0.717, 1.165) is 43.2 Å². The van der Waals surface area contributed by atoms with Gasteiger partial charge in [0, 0.05) is 25.0 Å². The molecule has 4 rings (SSSR count). The number of amides is 1. The number of methoxy groups -OCH3 is 1. The van der Waals surface area contributed by atoms with Gasteiger partial charge in [0.2, 0.25) is 0 Å². The summed E-state index contributed by atoms with van der Waals surface area (Å²) in [5.41, 5.74) is 0.812. The maximum Gasteiger partial charge on any atom is 0.262 e. The van der Waals surface area contributed by atoms with Gasteiger partial charge < -0.3 is 19.7 Å². The molecule has 1 amide bonds. The van der Waals surface area contributed by atoms with Crippen molar-refractivity contribution >= 4 is 33.1 Å². The number of hydrogen-bond acceptors (Lipinski definition) is 7. The number of anilines is 3. The fraction of sp³-hybridized carbons (Fsp3) is 0.217. The molecule has 9 nitrogen and oxygen atoms in total. The molecule has 2 N–H and O–H groups in total. The quantitative estimate of drug-likeness (QED) is 0.528. The first-order chi connectivity index (χ1) is 16.4. The highest BCUT2D eigenvalue weighted by molar-refractivity contribution is 7.92. The zero-order valence-electron chi connectivity index (χ0n) is 18.3. The number of morpholine rings is 1. The fourth-order valence-corrected chi connectivity index (χ4v) is 4.45. The number of halogens is 1. The smallest absolute Gasteiger partial charge is 0.262 e. The summed E-state index contributed by atoms with van der Waals surface area (Å²) < 4.78 is 51.6. The summed E-state index contributed by atoms with van der Waals surface area (Å²) in [6.45, 7) is 2.74. The van der Waals surface area contributed by atoms with E-state index >= 15 is 0 Å². The summed E-state index contributed by atoms with van der Waals surface area (Å²) in [6.07, 6.45) is 1.49. The van der Waals surface area contributed by atoms with E-state index in [1.54, 1.807) is 18.2 Å². The maximum atomic E-state index is 13.2. The van der Waals surface area contributed by atoms with Crippen molar-refractivity contribution in [3.63, 3.8) is 0 Å². The summed E-state index contributed by atoms with van der Waals surface area (Å²) in [6, 6.07) is 12.4. The Morgan fingerprint density at radius 3 is 2.47 bits per heavy atom. The van der Waals surface area contributed by atoms with E-state index in [0.29, 0.717) is 24.5 Å². The second-order valence-electron chi connectivity index (χ2n) is 7.43. The Kier molecular flexibility index (Phi) is 6.94. The summed E-state index contributed by atoms with van der Waals surface area (Å²) >= 11 is 0. The number of sulfonamides is 1. The molecule has 3 aromatic rings. The number of aromatic nitrogens is 1. The average Bonchev–Trinajstić information content (AvgIpc) is 2.85. The van der Waals surface area contributed by atoms with E-state index in [-0.39, 0.29) is 16.3 Å². The monoisotopic (exact) mass is 486 g/mol. The number of hydrogen-bond donors (Lipinski definition) is 2. The van der Waals surface area contributed by atoms with Crippen molar-refractivity contribution < 1.29 is 27.1 Å². The number of carbonyl (C=O) groups is 1. The second-order valence-corrected chi connectivity index (χ2v) is 9.12. The van der Waals surface area contributed by atoms with Crippen LogP contribution in [0.1, 0.15) is 10.4 Å². The molecule has 0 spiro atoms. The van der Waals surface area contributed by atoms with Crippen LogP contribution in [0.15, 0.2) is 65.7 Å². The third kappa shape index (κ3) is 5.43. The number of nitrogens with one attached hydrogen (secondary N) is 2. The molecular weight excluding hydrogens is 463 g/mol. The van der Waals surface area contributed by atoms with Crippen LogP contribution >= 0.6 is 0 Å². The van der Waals surface area contributed by atoms with Gasteiger partial charge in [-0.2, -0.15) is 0 Å². The molecule has 34 heavy (non-hydrogen) atoms. The SMILES string of the molecule is COc1ccc(NC(=O)c2ccc(N3CCOCC3)nc2)cc1NS(=O)(=O)c1ccc(F)cc1. The number of benzene rings is 2. The summed E-state index contributed by atoms with van der Waals surface area (Å²) in [4.78, 5) is 19.0. The third-order valence-corrected chi connectivity index (χ3v) is 6.55. The van der Waals surface area contributed by atoms with Crippen LogP contribution in [0.5, 0.6) is 5.75 Å². The molecule has 0 unspecified atom stereocenters. The Balaban J connectivity index is 1.50. The first-order valence-electron chi connectivity index (χ1n) is 10.4. The summed E-state index contributed by atoms with van der Waals surface area (Å²) in [5.74, 6) is 0.0641. The van der Waals surface area contributed by atoms with Crippen LogP contribution < -0.4 is 19.7 Å². The van der Waals surface area contributed by atoms with E-state index < -0.39 is 21.7 Å². The van der Waals surface area contributed by atoms with Gasteiger partial charge in [0.1, 0.15) is 17.4 Å². The molecule has 2 heterocycles. The van der Waals surface area contributed by atoms with Gasteiger partial charge >= 0.3 is 0 Å². The van der Waals surface area contributed by atoms with Gasteiger partial charge in [-0.3, -0.25) is 9.52 Å². The molecule has 1 aromatic heterocycles. The predicted octanol–water partition coefficient (Wildman–Crippen LogP) is 3.12. The van der Waals surface area contributed by atoms with Crippen molar-refractivity contribution in [3.8, 4) is 5.75 Å². The molecule has 1 fully saturated rings. The third-order valence-electron chi connectivity index (χ3n) is 5.17. The summed E-state index contributed by atoms with van der Waals surface area (Å²) in [5, 5.41) is 2.73. The largest absolute Gasteiger partial charge is 0.495 e. The normalized spacial score (nSPS) is 13.9. The van der Waals surface area contributed by atoms with Gasteiger partial charge in [0.15, 0.2) is 0 Å². The van der Waals surface area contributed by atoms with Crippen molar-refractivity contribution in [2.24, 2.45) is 0 Å². The number of carbonyl (C=O) groups excluding carboxylic acids is 1. The lowest BCUT2D eigenvalue weighted by atomic mass is 10.2. The van der Waals surface area contributed by atoms with Gasteiger partial charge in [-0.25, -0.2) is 17.8 Å². The van der Waals surface area contributed by atoms with Crippen LogP contribution in [0.2, 0.25) is 0 Å². The maximum absolute atomic E-state index is 13.2. The minimum Gasteiger partial charge on any atom is -0.495 e. The van der Waals surface area contributed by atoms with Gasteiger partial charge in [0.25, 0.3) is 15.9 Å². The van der Waals surface area contributed by atoms with Gasteiger partial charge in [-0.15, -0.1) is 0 Å². The molecule has 1 aliphatic rings. The Morgan fingerprint density at radius 2 is 1.82 bits per heavy atom. The standard InChI is InChI=1S/C23H23FN4O5S/c1-32-21-8-5-18(14-20(21)27-34(30,31)19-6-3-17(24)4-7-19)26-23(29)16-2-9-22(25-15-16)28-10-12-33-13-11-28/h2-9,14-15,27H,10-13H2,1H3,(H,26,29). The van der Waals surface area contributed by atoms with Crippen molar-refractivity contribution in [2.45, 2.75) is 4.90 Å². The molecule has 1 aliphatic heterocycles. The van der Waals surface area contributed by atoms with Crippen molar-refractivity contribution in [2.75, 3.05) is 48.4 Å². The first-order valence-corrected chi connectivity index (χ1v) is 11.9. The summed E-state index contributed by atoms with van der Waals surface area (Å²) in [7, 11) is -2.61. The Labute approximate surface area is 196 Å². The Morgan fingerprint density at radius 1 is 1.09 bits per heavy atom. The van der Waals surface area contributed by atoms with Crippen LogP contribution in [0, 0.1) is 5.82 Å². The Hall–Kier alpha value is -3.70. The number of rotatable bonds is 7. The number of ether oxygens (including phenoxy) is 2. The van der Waals surface area contributed by atoms with Gasteiger partial charge in [-0.05, 0) is 54.6 Å². The molecule has 178 valence electrons. The highest BCUT2D eigenvalue weighted by Gasteiger charge is 2.18. The fourth-order valence-electron chi connectivity index (χ4n) is 3.39. The second kappa shape index (κ2) is 10.1. The van der Waals surface area contributed by atoms with Crippen molar-refractivity contribution in [3.05, 3.63) is 72.2 Å². The molecule has 0 bridgehead atoms. The molecule has 1 saturated heterocycles. The lowest BCUT2D eigenvalue weighted by Crippen LogP contribution is -2.36. The topological polar surface area (TPSA) is 110 Å². The highest BCUT2D eigenvalue weighted by atomic mass is 32.2. The lowest BCUT2D eigenvalue weighted by Gasteiger charge is -2.27. The van der Waals surface area contributed by atoms with Crippen LogP contribution in [0.4, 0.5) is 21.6 Å². The van der Waals surface area contributed by atoms with Gasteiger partial charge in [0.05, 0.1) is 36.5 Å². The number of pyridine rings is 1. The molecule has 11 heteroatoms. The predicted molar refractivity (Wildman–Crippen MR) is 125 cm³/mol. The minimum atomic E-state index is -4.01. The van der Waals surface area contributed by atoms with E-state index in [1.807, 2.05) is 0 Å². The molecule has 0 radical (unpaired) electrons. The average molecular weight is 487 g/mol. The molecule has 0 saturated carbocycles. The molecule has 0 atom stereocenters. The Bertz CT molecular complexity index is 1260. The van der Waals surface area contributed by atoms with E-state index in [2.05, 4.69) is 19.9 Å². The van der Waals surface area contributed by atoms with Crippen LogP contribution in [-0.4, -0.2) is 52.7 Å². The van der Waals surface area contributed by atoms with Crippen molar-refractivity contribution in [1.29, 1.82) is 0 Å². The van der Waals surface area contributed by atoms with E-state index in [4.69, 9.17) is 9.47 Å². The first kappa shape index (κ1) is 23.5. The minimum absolute atomic E-state index is 0.114. The lowest BCUT2D eigenvalue weighted by molar-refractivity contribution is 0.102. The number of nitrogens with zero attached hydrogens (tertiary/aromatic N) is 2. The van der Waals surface area contributed by atoms with Gasteiger partial charge in [-0.1, -0.05) is 0 Å². The van der Waals surface area contributed by atoms with Crippen molar-refractivity contribution in [1.82, 2.24) is 4.98 Å². The molecule has 0 aliphatic carbocycles. The van der Waals surface area contributed by atoms with E-state index in [9.17, 15) is 17.6 Å². The molecule has 2 aromatic carbocycles. The van der Waals surface area contributed by atoms with Crippen LogP contribution in [0.25, 0.3) is 0 Å². The van der Waals surface area contributed by atoms with E-state index in [1.165, 1.54) is 25.4 Å². The highest BCUT2D eigenvalue weighted by Crippen LogP contribution is 2.30.